The summed E-state index contributed by atoms with van der Waals surface area (Å²) in [6.07, 6.45) is 5.58. The Bertz CT molecular complexity index is 518. The fourth-order valence-corrected chi connectivity index (χ4v) is 3.06. The summed E-state index contributed by atoms with van der Waals surface area (Å²) in [4.78, 5) is 35.7. The summed E-state index contributed by atoms with van der Waals surface area (Å²) in [5.41, 5.74) is 0.434. The number of hydrogen-bond acceptors (Lipinski definition) is 6. The van der Waals surface area contributed by atoms with Crippen LogP contribution < -0.4 is 0 Å². The molecule has 2 bridgehead atoms. The van der Waals surface area contributed by atoms with Crippen LogP contribution in [0.5, 0.6) is 0 Å². The van der Waals surface area contributed by atoms with Crippen LogP contribution in [0.3, 0.4) is 0 Å². The molecule has 0 aliphatic heterocycles. The molecule has 0 saturated carbocycles. The van der Waals surface area contributed by atoms with E-state index in [9.17, 15) is 14.4 Å². The Balaban J connectivity index is 2.40. The maximum atomic E-state index is 12.0. The van der Waals surface area contributed by atoms with Crippen molar-refractivity contribution in [2.75, 3.05) is 21.3 Å². The molecule has 2 aliphatic carbocycles. The van der Waals surface area contributed by atoms with Gasteiger partial charge in [-0.1, -0.05) is 18.2 Å². The molecule has 0 fully saturated rings. The monoisotopic (exact) mass is 294 g/mol. The Labute approximate surface area is 122 Å². The Hall–Kier alpha value is -2.11. The van der Waals surface area contributed by atoms with Crippen LogP contribution in [0.1, 0.15) is 6.42 Å². The molecule has 0 aromatic carbocycles. The van der Waals surface area contributed by atoms with Crippen molar-refractivity contribution in [3.63, 3.8) is 0 Å². The predicted octanol–water partition coefficient (Wildman–Crippen LogP) is 0.870. The van der Waals surface area contributed by atoms with Crippen molar-refractivity contribution >= 4 is 17.9 Å². The Morgan fingerprint density at radius 3 is 2.14 bits per heavy atom. The number of allylic oxidation sites excluding steroid dienone is 1. The minimum Gasteiger partial charge on any atom is -0.469 e. The average Bonchev–Trinajstić information content (AvgIpc) is 2.53. The molecule has 0 N–H and O–H groups in total. The number of methoxy groups -OCH3 is 3. The van der Waals surface area contributed by atoms with Crippen LogP contribution >= 0.6 is 0 Å². The van der Waals surface area contributed by atoms with Crippen molar-refractivity contribution < 1.29 is 28.6 Å². The zero-order valence-electron chi connectivity index (χ0n) is 12.2. The standard InChI is InChI=1S/C15H18O6/c1-19-13(16)9-5-4-8-6-11(9)12(15(18)21-3)7-10(8)14(17)20-2/h4-5,7-9,11-12H,6H2,1-3H3/t8-,9?,11-,12?/m1/s1. The fourth-order valence-electron chi connectivity index (χ4n) is 3.06. The summed E-state index contributed by atoms with van der Waals surface area (Å²) in [5.74, 6) is -2.91. The van der Waals surface area contributed by atoms with E-state index in [1.807, 2.05) is 0 Å². The van der Waals surface area contributed by atoms with E-state index in [0.717, 1.165) is 0 Å². The summed E-state index contributed by atoms with van der Waals surface area (Å²) in [6.45, 7) is 0. The molecule has 4 atom stereocenters. The first kappa shape index (κ1) is 15.3. The van der Waals surface area contributed by atoms with Crippen LogP contribution in [-0.4, -0.2) is 39.2 Å². The third-order valence-electron chi connectivity index (χ3n) is 4.13. The summed E-state index contributed by atoms with van der Waals surface area (Å²) < 4.78 is 14.3. The molecular formula is C15H18O6. The second kappa shape index (κ2) is 6.11. The normalized spacial score (nSPS) is 30.1. The van der Waals surface area contributed by atoms with Crippen LogP contribution in [0.25, 0.3) is 0 Å². The lowest BCUT2D eigenvalue weighted by Gasteiger charge is -2.38. The lowest BCUT2D eigenvalue weighted by Crippen LogP contribution is -2.40. The van der Waals surface area contributed by atoms with Crippen LogP contribution in [-0.2, 0) is 28.6 Å². The van der Waals surface area contributed by atoms with Gasteiger partial charge in [0.25, 0.3) is 0 Å². The molecule has 21 heavy (non-hydrogen) atoms. The Morgan fingerprint density at radius 2 is 1.57 bits per heavy atom. The van der Waals surface area contributed by atoms with Gasteiger partial charge < -0.3 is 14.2 Å². The summed E-state index contributed by atoms with van der Waals surface area (Å²) in [7, 11) is 3.89. The number of rotatable bonds is 3. The highest BCUT2D eigenvalue weighted by atomic mass is 16.5. The van der Waals surface area contributed by atoms with Gasteiger partial charge in [-0.2, -0.15) is 0 Å². The van der Waals surface area contributed by atoms with Gasteiger partial charge in [-0.3, -0.25) is 9.59 Å². The maximum Gasteiger partial charge on any atom is 0.334 e. The van der Waals surface area contributed by atoms with Crippen LogP contribution in [0, 0.1) is 23.7 Å². The first-order chi connectivity index (χ1) is 10.0. The highest BCUT2D eigenvalue weighted by Gasteiger charge is 2.45. The zero-order valence-corrected chi connectivity index (χ0v) is 12.2. The van der Waals surface area contributed by atoms with Crippen molar-refractivity contribution in [3.05, 3.63) is 23.8 Å². The van der Waals surface area contributed by atoms with Gasteiger partial charge in [0.2, 0.25) is 0 Å². The van der Waals surface area contributed by atoms with Gasteiger partial charge in [0.1, 0.15) is 0 Å². The van der Waals surface area contributed by atoms with Crippen LogP contribution in [0.15, 0.2) is 23.8 Å². The zero-order chi connectivity index (χ0) is 15.6. The van der Waals surface area contributed by atoms with E-state index in [1.165, 1.54) is 21.3 Å². The molecular weight excluding hydrogens is 276 g/mol. The van der Waals surface area contributed by atoms with Crippen molar-refractivity contribution in [2.45, 2.75) is 6.42 Å². The van der Waals surface area contributed by atoms with Gasteiger partial charge in [0.05, 0.1) is 33.2 Å². The molecule has 2 aliphatic rings. The lowest BCUT2D eigenvalue weighted by molar-refractivity contribution is -0.151. The SMILES string of the molecule is COC(=O)C1=CC(C(=O)OC)[C@@H]2C[C@H]1C=CC2C(=O)OC. The largest absolute Gasteiger partial charge is 0.469 e. The molecule has 0 heterocycles. The van der Waals surface area contributed by atoms with E-state index in [4.69, 9.17) is 14.2 Å². The van der Waals surface area contributed by atoms with Gasteiger partial charge in [-0.25, -0.2) is 4.79 Å². The Kier molecular flexibility index (Phi) is 4.45. The second-order valence-corrected chi connectivity index (χ2v) is 5.10. The van der Waals surface area contributed by atoms with Gasteiger partial charge in [0, 0.05) is 11.5 Å². The molecule has 0 aromatic heterocycles. The number of ether oxygens (including phenoxy) is 3. The predicted molar refractivity (Wildman–Crippen MR) is 71.8 cm³/mol. The minimum absolute atomic E-state index is 0.149. The summed E-state index contributed by atoms with van der Waals surface area (Å²) in [5, 5.41) is 0. The second-order valence-electron chi connectivity index (χ2n) is 5.10. The molecule has 0 saturated heterocycles. The topological polar surface area (TPSA) is 78.9 Å². The van der Waals surface area contributed by atoms with E-state index in [1.54, 1.807) is 18.2 Å². The smallest absolute Gasteiger partial charge is 0.334 e. The van der Waals surface area contributed by atoms with Crippen molar-refractivity contribution in [1.82, 2.24) is 0 Å². The first-order valence-electron chi connectivity index (χ1n) is 6.67. The maximum absolute atomic E-state index is 12.0. The van der Waals surface area contributed by atoms with Gasteiger partial charge in [-0.05, 0) is 12.3 Å². The molecule has 6 nitrogen and oxygen atoms in total. The average molecular weight is 294 g/mol. The van der Waals surface area contributed by atoms with Crippen LogP contribution in [0.4, 0.5) is 0 Å². The van der Waals surface area contributed by atoms with Gasteiger partial charge in [-0.15, -0.1) is 0 Å². The molecule has 114 valence electrons. The van der Waals surface area contributed by atoms with E-state index in [0.29, 0.717) is 12.0 Å². The third kappa shape index (κ3) is 2.70. The number of hydrogen-bond donors (Lipinski definition) is 0. The first-order valence-corrected chi connectivity index (χ1v) is 6.67. The van der Waals surface area contributed by atoms with E-state index in [-0.39, 0.29) is 11.8 Å². The lowest BCUT2D eigenvalue weighted by atomic mass is 9.66. The third-order valence-corrected chi connectivity index (χ3v) is 4.13. The van der Waals surface area contributed by atoms with Gasteiger partial charge in [0.15, 0.2) is 0 Å². The van der Waals surface area contributed by atoms with Crippen molar-refractivity contribution in [3.8, 4) is 0 Å². The Morgan fingerprint density at radius 1 is 0.952 bits per heavy atom. The molecule has 0 aromatic rings. The number of esters is 3. The summed E-state index contributed by atoms with van der Waals surface area (Å²) in [6, 6.07) is 0. The number of carbonyl (C=O) groups is 3. The van der Waals surface area contributed by atoms with Crippen molar-refractivity contribution in [2.24, 2.45) is 23.7 Å². The van der Waals surface area contributed by atoms with E-state index in [2.05, 4.69) is 0 Å². The summed E-state index contributed by atoms with van der Waals surface area (Å²) >= 11 is 0. The quantitative estimate of drug-likeness (QED) is 0.436. The van der Waals surface area contributed by atoms with Crippen molar-refractivity contribution in [1.29, 1.82) is 0 Å². The van der Waals surface area contributed by atoms with Crippen LogP contribution in [0.2, 0.25) is 0 Å². The molecule has 2 rings (SSSR count). The molecule has 0 spiro atoms. The number of carbonyl (C=O) groups excluding carboxylic acids is 3. The minimum atomic E-state index is -0.658. The molecule has 2 unspecified atom stereocenters. The highest BCUT2D eigenvalue weighted by Crippen LogP contribution is 2.43. The number of fused-ring (bicyclic) bond motifs is 2. The molecule has 0 radical (unpaired) electrons. The van der Waals surface area contributed by atoms with E-state index >= 15 is 0 Å². The molecule has 0 amide bonds. The van der Waals surface area contributed by atoms with E-state index < -0.39 is 29.7 Å². The fraction of sp³-hybridized carbons (Fsp3) is 0.533. The highest BCUT2D eigenvalue weighted by molar-refractivity contribution is 5.92. The molecule has 6 heteroatoms. The van der Waals surface area contributed by atoms with Gasteiger partial charge >= 0.3 is 17.9 Å².